The molecule has 2 aromatic rings. The van der Waals surface area contributed by atoms with Crippen LogP contribution in [-0.4, -0.2) is 5.16 Å². The minimum atomic E-state index is 0.264. The second-order valence-electron chi connectivity index (χ2n) is 2.63. The molecule has 0 unspecified atom stereocenters. The Balaban J connectivity index is 2.55. The highest BCUT2D eigenvalue weighted by Gasteiger charge is 2.13. The summed E-state index contributed by atoms with van der Waals surface area (Å²) in [6.07, 6.45) is 0. The van der Waals surface area contributed by atoms with Crippen molar-refractivity contribution in [1.29, 1.82) is 0 Å². The van der Waals surface area contributed by atoms with E-state index in [0.717, 1.165) is 10.0 Å². The molecule has 14 heavy (non-hydrogen) atoms. The van der Waals surface area contributed by atoms with Gasteiger partial charge in [0, 0.05) is 10.0 Å². The Labute approximate surface area is 102 Å². The minimum absolute atomic E-state index is 0.264. The van der Waals surface area contributed by atoms with Gasteiger partial charge in [-0.15, -0.1) is 0 Å². The molecule has 0 bridgehead atoms. The highest BCUT2D eigenvalue weighted by molar-refractivity contribution is 9.11. The van der Waals surface area contributed by atoms with Crippen molar-refractivity contribution in [2.75, 3.05) is 0 Å². The van der Waals surface area contributed by atoms with Gasteiger partial charge in [0.1, 0.15) is 10.2 Å². The average molecular weight is 337 g/mol. The van der Waals surface area contributed by atoms with Crippen molar-refractivity contribution in [2.24, 2.45) is 0 Å². The smallest absolute Gasteiger partial charge is 0.240 e. The molecule has 5 heteroatoms. The molecule has 1 aromatic carbocycles. The maximum Gasteiger partial charge on any atom is 0.240 e. The van der Waals surface area contributed by atoms with Gasteiger partial charge in [0.05, 0.1) is 0 Å². The molecule has 2 nitrogen and oxygen atoms in total. The van der Waals surface area contributed by atoms with Crippen LogP contribution in [0.25, 0.3) is 11.3 Å². The van der Waals surface area contributed by atoms with Gasteiger partial charge >= 0.3 is 0 Å². The minimum Gasteiger partial charge on any atom is -0.343 e. The number of hydrogen-bond acceptors (Lipinski definition) is 2. The lowest BCUT2D eigenvalue weighted by Crippen LogP contribution is -1.77. The van der Waals surface area contributed by atoms with Crippen LogP contribution in [0.1, 0.15) is 0 Å². The number of rotatable bonds is 1. The summed E-state index contributed by atoms with van der Waals surface area (Å²) in [6.45, 7) is 0. The molecule has 0 atom stereocenters. The zero-order chi connectivity index (χ0) is 10.1. The Morgan fingerprint density at radius 1 is 1.29 bits per heavy atom. The molecule has 0 saturated carbocycles. The van der Waals surface area contributed by atoms with Crippen molar-refractivity contribution < 1.29 is 4.52 Å². The van der Waals surface area contributed by atoms with Crippen LogP contribution in [0.4, 0.5) is 0 Å². The summed E-state index contributed by atoms with van der Waals surface area (Å²) in [5.41, 5.74) is 1.65. The van der Waals surface area contributed by atoms with Crippen molar-refractivity contribution in [2.45, 2.75) is 0 Å². The number of nitrogens with zero attached hydrogens (tertiary/aromatic N) is 1. The summed E-state index contributed by atoms with van der Waals surface area (Å²) < 4.78 is 6.51. The summed E-state index contributed by atoms with van der Waals surface area (Å²) in [5, 5.41) is 4.12. The lowest BCUT2D eigenvalue weighted by molar-refractivity contribution is 0.423. The van der Waals surface area contributed by atoms with E-state index in [1.165, 1.54) is 0 Å². The van der Waals surface area contributed by atoms with Gasteiger partial charge in [0.25, 0.3) is 0 Å². The number of hydrogen-bond donors (Lipinski definition) is 0. The molecule has 0 aliphatic rings. The van der Waals surface area contributed by atoms with E-state index >= 15 is 0 Å². The lowest BCUT2D eigenvalue weighted by atomic mass is 10.2. The van der Waals surface area contributed by atoms with Crippen LogP contribution in [0.5, 0.6) is 0 Å². The Bertz CT molecular complexity index is 470. The molecule has 0 aliphatic carbocycles. The van der Waals surface area contributed by atoms with Gasteiger partial charge in [0.2, 0.25) is 5.22 Å². The van der Waals surface area contributed by atoms with Crippen LogP contribution in [0.2, 0.25) is 5.22 Å². The van der Waals surface area contributed by atoms with E-state index in [9.17, 15) is 0 Å². The van der Waals surface area contributed by atoms with Crippen molar-refractivity contribution in [3.63, 3.8) is 0 Å². The molecule has 0 N–H and O–H groups in total. The van der Waals surface area contributed by atoms with Gasteiger partial charge < -0.3 is 4.52 Å². The maximum atomic E-state index is 5.73. The highest BCUT2D eigenvalue weighted by atomic mass is 79.9. The Morgan fingerprint density at radius 3 is 2.64 bits per heavy atom. The standard InChI is InChI=1S/C9H4Br2ClNO/c10-6-3-1-2-5(4-6)8-7(11)9(12)14-13-8/h1-4H. The molecule has 2 rings (SSSR count). The number of halogens is 3. The predicted molar refractivity (Wildman–Crippen MR) is 62.3 cm³/mol. The van der Waals surface area contributed by atoms with E-state index in [1.54, 1.807) is 0 Å². The Hall–Kier alpha value is -0.320. The van der Waals surface area contributed by atoms with Crippen LogP contribution in [0.3, 0.4) is 0 Å². The van der Waals surface area contributed by atoms with E-state index in [1.807, 2.05) is 24.3 Å². The first-order valence-electron chi connectivity index (χ1n) is 3.75. The van der Waals surface area contributed by atoms with Gasteiger partial charge in [0.15, 0.2) is 0 Å². The number of benzene rings is 1. The molecule has 1 aromatic heterocycles. The zero-order valence-electron chi connectivity index (χ0n) is 6.80. The highest BCUT2D eigenvalue weighted by Crippen LogP contribution is 2.33. The third-order valence-corrected chi connectivity index (χ3v) is 3.41. The van der Waals surface area contributed by atoms with E-state index in [0.29, 0.717) is 10.2 Å². The van der Waals surface area contributed by atoms with Crippen molar-refractivity contribution in [3.8, 4) is 11.3 Å². The molecule has 0 fully saturated rings. The molecule has 0 amide bonds. The van der Waals surface area contributed by atoms with Crippen molar-refractivity contribution in [3.05, 3.63) is 38.4 Å². The quantitative estimate of drug-likeness (QED) is 0.765. The molecule has 0 saturated heterocycles. The van der Waals surface area contributed by atoms with Gasteiger partial charge in [-0.3, -0.25) is 0 Å². The summed E-state index contributed by atoms with van der Waals surface area (Å²) in [4.78, 5) is 0. The third kappa shape index (κ3) is 1.87. The van der Waals surface area contributed by atoms with Crippen molar-refractivity contribution in [1.82, 2.24) is 5.16 Å². The summed E-state index contributed by atoms with van der Waals surface area (Å²) in [6, 6.07) is 7.75. The molecule has 0 spiro atoms. The summed E-state index contributed by atoms with van der Waals surface area (Å²) in [5.74, 6) is 0. The van der Waals surface area contributed by atoms with Crippen LogP contribution in [0, 0.1) is 0 Å². The third-order valence-electron chi connectivity index (χ3n) is 1.70. The second kappa shape index (κ2) is 4.04. The van der Waals surface area contributed by atoms with Gasteiger partial charge in [-0.1, -0.05) is 33.2 Å². The Kier molecular flexibility index (Phi) is 2.95. The first-order valence-corrected chi connectivity index (χ1v) is 5.71. The normalized spacial score (nSPS) is 10.5. The van der Waals surface area contributed by atoms with E-state index in [-0.39, 0.29) is 5.22 Å². The van der Waals surface area contributed by atoms with Crippen LogP contribution in [0.15, 0.2) is 37.7 Å². The second-order valence-corrected chi connectivity index (χ2v) is 4.68. The largest absolute Gasteiger partial charge is 0.343 e. The van der Waals surface area contributed by atoms with E-state index in [4.69, 9.17) is 16.1 Å². The maximum absolute atomic E-state index is 5.73. The van der Waals surface area contributed by atoms with Gasteiger partial charge in [-0.2, -0.15) is 0 Å². The Morgan fingerprint density at radius 2 is 2.07 bits per heavy atom. The predicted octanol–water partition coefficient (Wildman–Crippen LogP) is 4.52. The van der Waals surface area contributed by atoms with E-state index < -0.39 is 0 Å². The first kappa shape index (κ1) is 10.2. The van der Waals surface area contributed by atoms with E-state index in [2.05, 4.69) is 37.0 Å². The van der Waals surface area contributed by atoms with Crippen LogP contribution in [-0.2, 0) is 0 Å². The summed E-state index contributed by atoms with van der Waals surface area (Å²) >= 11 is 12.4. The summed E-state index contributed by atoms with van der Waals surface area (Å²) in [7, 11) is 0. The SMILES string of the molecule is Clc1onc(-c2cccc(Br)c2)c1Br. The monoisotopic (exact) mass is 335 g/mol. The van der Waals surface area contributed by atoms with Gasteiger partial charge in [-0.25, -0.2) is 0 Å². The zero-order valence-corrected chi connectivity index (χ0v) is 10.7. The van der Waals surface area contributed by atoms with Gasteiger partial charge in [-0.05, 0) is 39.7 Å². The molecule has 1 heterocycles. The fourth-order valence-corrected chi connectivity index (χ4v) is 1.97. The molecule has 0 aliphatic heterocycles. The average Bonchev–Trinajstić information content (AvgIpc) is 2.48. The van der Waals surface area contributed by atoms with Crippen LogP contribution < -0.4 is 0 Å². The lowest BCUT2D eigenvalue weighted by Gasteiger charge is -1.96. The number of aromatic nitrogens is 1. The molecule has 0 radical (unpaired) electrons. The topological polar surface area (TPSA) is 26.0 Å². The fourth-order valence-electron chi connectivity index (χ4n) is 1.07. The molecular weight excluding hydrogens is 333 g/mol. The molecular formula is C9H4Br2ClNO. The molecule has 72 valence electrons. The first-order chi connectivity index (χ1) is 6.68. The van der Waals surface area contributed by atoms with Crippen LogP contribution >= 0.6 is 43.5 Å². The van der Waals surface area contributed by atoms with Crippen molar-refractivity contribution >= 4 is 43.5 Å². The fraction of sp³-hybridized carbons (Fsp3) is 0.